The monoisotopic (exact) mass is 130 g/mol. The van der Waals surface area contributed by atoms with Gasteiger partial charge in [-0.1, -0.05) is 39.7 Å². The second-order valence-corrected chi connectivity index (χ2v) is 4.27. The molecule has 0 aromatic carbocycles. The molecule has 0 fully saturated rings. The van der Waals surface area contributed by atoms with Gasteiger partial charge in [0.1, 0.15) is 0 Å². The molecule has 0 heterocycles. The molecule has 0 nitrogen and oxygen atoms in total. The van der Waals surface area contributed by atoms with Crippen LogP contribution < -0.4 is 0 Å². The summed E-state index contributed by atoms with van der Waals surface area (Å²) in [4.78, 5) is 0. The van der Waals surface area contributed by atoms with Crippen LogP contribution in [-0.4, -0.2) is 10.2 Å². The van der Waals surface area contributed by atoms with Crippen LogP contribution in [0.25, 0.3) is 0 Å². The number of hydrogen-bond acceptors (Lipinski definition) is 0. The summed E-state index contributed by atoms with van der Waals surface area (Å²) in [6.45, 7) is 6.98. The van der Waals surface area contributed by atoms with Crippen LogP contribution in [0, 0.1) is 5.41 Å². The largest absolute Gasteiger partial charge is 0.0653 e. The van der Waals surface area contributed by atoms with Crippen molar-refractivity contribution in [3.63, 3.8) is 0 Å². The fourth-order valence-electron chi connectivity index (χ4n) is 0.854. The average molecular weight is 130 g/mol. The molecule has 8 heavy (non-hydrogen) atoms. The molecule has 0 aliphatic heterocycles. The van der Waals surface area contributed by atoms with Crippen LogP contribution in [0.15, 0.2) is 0 Å². The van der Waals surface area contributed by atoms with Gasteiger partial charge in [-0.15, -0.1) is 0 Å². The Balaban J connectivity index is 3.37. The zero-order valence-corrected chi connectivity index (χ0v) is 8.62. The highest BCUT2D eigenvalue weighted by molar-refractivity contribution is 6.08. The molecule has 0 saturated carbocycles. The molecule has 0 N–H and O–H groups in total. The summed E-state index contributed by atoms with van der Waals surface area (Å²) < 4.78 is 0. The van der Waals surface area contributed by atoms with Gasteiger partial charge in [-0.25, -0.2) is 0 Å². The Morgan fingerprint density at radius 2 is 1.88 bits per heavy atom. The van der Waals surface area contributed by atoms with Crippen LogP contribution >= 0.6 is 0 Å². The Kier molecular flexibility index (Phi) is 3.37. The van der Waals surface area contributed by atoms with Gasteiger partial charge < -0.3 is 0 Å². The maximum Gasteiger partial charge on any atom is 0.00282 e. The second-order valence-electron chi connectivity index (χ2n) is 3.27. The molecule has 0 rings (SSSR count). The van der Waals surface area contributed by atoms with Gasteiger partial charge >= 0.3 is 0 Å². The van der Waals surface area contributed by atoms with Crippen molar-refractivity contribution >= 4 is 10.2 Å². The summed E-state index contributed by atoms with van der Waals surface area (Å²) in [6.07, 6.45) is 2.75. The van der Waals surface area contributed by atoms with Crippen molar-refractivity contribution in [3.05, 3.63) is 0 Å². The highest BCUT2D eigenvalue weighted by Crippen LogP contribution is 2.25. The molecule has 0 unspecified atom stereocenters. The maximum atomic E-state index is 2.35. The predicted octanol–water partition coefficient (Wildman–Crippen LogP) is 1.60. The third kappa shape index (κ3) is 3.25. The molecule has 0 amide bonds. The highest BCUT2D eigenvalue weighted by Gasteiger charge is 2.11. The lowest BCUT2D eigenvalue weighted by Gasteiger charge is -2.20. The van der Waals surface area contributed by atoms with Crippen LogP contribution in [0.5, 0.6) is 0 Å². The molecule has 0 aliphatic rings. The predicted molar refractivity (Wildman–Crippen MR) is 43.4 cm³/mol. The molecular weight excluding hydrogens is 112 g/mol. The molecular formula is C7H18Si. The van der Waals surface area contributed by atoms with Gasteiger partial charge in [-0.05, 0) is 5.41 Å². The molecule has 0 saturated heterocycles. The van der Waals surface area contributed by atoms with Crippen molar-refractivity contribution < 1.29 is 0 Å². The minimum absolute atomic E-state index is 0.627. The summed E-state index contributed by atoms with van der Waals surface area (Å²) in [5, 5.41) is 0. The molecule has 0 aromatic rings. The average Bonchev–Trinajstić information content (AvgIpc) is 1.67. The van der Waals surface area contributed by atoms with Gasteiger partial charge in [0.2, 0.25) is 0 Å². The van der Waals surface area contributed by atoms with Crippen molar-refractivity contribution in [1.82, 2.24) is 0 Å². The van der Waals surface area contributed by atoms with Crippen molar-refractivity contribution in [2.45, 2.75) is 39.7 Å². The Labute approximate surface area is 56.1 Å². The standard InChI is InChI=1S/C7H18Si/c1-4-7(2,3)5-6-8/h4-6H2,1-3,8H3. The maximum absolute atomic E-state index is 2.35. The van der Waals surface area contributed by atoms with E-state index in [1.165, 1.54) is 29.1 Å². The minimum Gasteiger partial charge on any atom is -0.0653 e. The van der Waals surface area contributed by atoms with Gasteiger partial charge in [0.25, 0.3) is 0 Å². The van der Waals surface area contributed by atoms with E-state index < -0.39 is 0 Å². The number of hydrogen-bond donors (Lipinski definition) is 0. The first-order chi connectivity index (χ1) is 3.62. The minimum atomic E-state index is 0.627. The van der Waals surface area contributed by atoms with Crippen molar-refractivity contribution in [1.29, 1.82) is 0 Å². The van der Waals surface area contributed by atoms with Gasteiger partial charge in [-0.3, -0.25) is 0 Å². The van der Waals surface area contributed by atoms with Gasteiger partial charge in [0.15, 0.2) is 0 Å². The Morgan fingerprint density at radius 3 is 2.00 bits per heavy atom. The van der Waals surface area contributed by atoms with E-state index in [-0.39, 0.29) is 0 Å². The van der Waals surface area contributed by atoms with Crippen molar-refractivity contribution in [2.24, 2.45) is 5.41 Å². The van der Waals surface area contributed by atoms with E-state index in [9.17, 15) is 0 Å². The zero-order valence-electron chi connectivity index (χ0n) is 6.62. The summed E-state index contributed by atoms with van der Waals surface area (Å²) >= 11 is 0. The van der Waals surface area contributed by atoms with E-state index >= 15 is 0 Å². The van der Waals surface area contributed by atoms with E-state index in [4.69, 9.17) is 0 Å². The van der Waals surface area contributed by atoms with Crippen LogP contribution in [0.2, 0.25) is 6.04 Å². The fraction of sp³-hybridized carbons (Fsp3) is 1.00. The Bertz CT molecular complexity index is 57.4. The van der Waals surface area contributed by atoms with Gasteiger partial charge in [-0.2, -0.15) is 0 Å². The summed E-state index contributed by atoms with van der Waals surface area (Å²) in [6, 6.07) is 1.46. The lowest BCUT2D eigenvalue weighted by molar-refractivity contribution is 0.338. The lowest BCUT2D eigenvalue weighted by Crippen LogP contribution is -2.08. The molecule has 0 spiro atoms. The lowest BCUT2D eigenvalue weighted by atomic mass is 9.87. The molecule has 0 bridgehead atoms. The zero-order chi connectivity index (χ0) is 6.62. The summed E-state index contributed by atoms with van der Waals surface area (Å²) in [7, 11) is 1.37. The van der Waals surface area contributed by atoms with Crippen molar-refractivity contribution in [3.8, 4) is 0 Å². The molecule has 0 aliphatic carbocycles. The van der Waals surface area contributed by atoms with Crippen LogP contribution in [-0.2, 0) is 0 Å². The smallest absolute Gasteiger partial charge is 0.00282 e. The summed E-state index contributed by atoms with van der Waals surface area (Å²) in [5.74, 6) is 0. The van der Waals surface area contributed by atoms with E-state index in [2.05, 4.69) is 20.8 Å². The van der Waals surface area contributed by atoms with Crippen LogP contribution in [0.4, 0.5) is 0 Å². The second kappa shape index (κ2) is 3.28. The van der Waals surface area contributed by atoms with Crippen molar-refractivity contribution in [2.75, 3.05) is 0 Å². The SMILES string of the molecule is CCC(C)(C)CC[SiH3]. The van der Waals surface area contributed by atoms with E-state index in [0.717, 1.165) is 0 Å². The summed E-state index contributed by atoms with van der Waals surface area (Å²) in [5.41, 5.74) is 0.627. The normalized spacial score (nSPS) is 12.4. The van der Waals surface area contributed by atoms with E-state index in [1.807, 2.05) is 0 Å². The highest BCUT2D eigenvalue weighted by atomic mass is 28.1. The molecule has 50 valence electrons. The molecule has 0 aromatic heterocycles. The number of rotatable bonds is 3. The first-order valence-electron chi connectivity index (χ1n) is 3.62. The first kappa shape index (κ1) is 8.22. The molecule has 1 heteroatoms. The third-order valence-electron chi connectivity index (χ3n) is 1.88. The molecule has 0 atom stereocenters. The molecule has 0 radical (unpaired) electrons. The topological polar surface area (TPSA) is 0 Å². The van der Waals surface area contributed by atoms with Crippen LogP contribution in [0.3, 0.4) is 0 Å². The fourth-order valence-corrected chi connectivity index (χ4v) is 2.21. The van der Waals surface area contributed by atoms with Gasteiger partial charge in [0, 0.05) is 10.2 Å². The van der Waals surface area contributed by atoms with Crippen LogP contribution in [0.1, 0.15) is 33.6 Å². The third-order valence-corrected chi connectivity index (χ3v) is 2.38. The first-order valence-corrected chi connectivity index (χ1v) is 5.04. The van der Waals surface area contributed by atoms with E-state index in [1.54, 1.807) is 0 Å². The Morgan fingerprint density at radius 1 is 1.38 bits per heavy atom. The Hall–Kier alpha value is 0.217. The van der Waals surface area contributed by atoms with E-state index in [0.29, 0.717) is 5.41 Å². The van der Waals surface area contributed by atoms with Gasteiger partial charge in [0.05, 0.1) is 0 Å². The quantitative estimate of drug-likeness (QED) is 0.509.